The van der Waals surface area contributed by atoms with Crippen LogP contribution in [-0.4, -0.2) is 44.6 Å². The van der Waals surface area contributed by atoms with Gasteiger partial charge in [0.25, 0.3) is 0 Å². The molecule has 1 amide bonds. The average molecular weight is 299 g/mol. The first kappa shape index (κ1) is 16.8. The molecular weight excluding hydrogens is 276 g/mol. The highest BCUT2D eigenvalue weighted by Crippen LogP contribution is 2.35. The highest BCUT2D eigenvalue weighted by atomic mass is 35.5. The fourth-order valence-corrected chi connectivity index (χ4v) is 2.40. The van der Waals surface area contributed by atoms with E-state index in [9.17, 15) is 4.79 Å². The van der Waals surface area contributed by atoms with E-state index in [1.54, 1.807) is 4.90 Å². The number of amides is 1. The van der Waals surface area contributed by atoms with Gasteiger partial charge in [-0.25, -0.2) is 0 Å². The molecule has 0 aromatic heterocycles. The van der Waals surface area contributed by atoms with Crippen LogP contribution in [-0.2, 0) is 4.79 Å². The minimum atomic E-state index is 0. The van der Waals surface area contributed by atoms with Gasteiger partial charge in [0.2, 0.25) is 5.91 Å². The third kappa shape index (κ3) is 4.12. The van der Waals surface area contributed by atoms with Gasteiger partial charge in [0.1, 0.15) is 5.75 Å². The maximum absolute atomic E-state index is 12.2. The predicted octanol–water partition coefficient (Wildman–Crippen LogP) is 2.04. The second kappa shape index (κ2) is 8.12. The molecule has 0 radical (unpaired) electrons. The number of likely N-dealkylation sites (N-methyl/N-ethyl adjacent to an activating group) is 2. The molecule has 4 nitrogen and oxygen atoms in total. The molecule has 1 atom stereocenters. The van der Waals surface area contributed by atoms with Crippen LogP contribution in [0.15, 0.2) is 24.3 Å². The van der Waals surface area contributed by atoms with Crippen LogP contribution in [0.2, 0.25) is 0 Å². The summed E-state index contributed by atoms with van der Waals surface area (Å²) in [6.45, 7) is 2.28. The standard InChI is InChI=1S/C15H22N2O2.ClH/c1-16-8-9-17(2)15(18)11-12-7-10-19-14-6-4-3-5-13(12)14;/h3-6,12,16H,7-11H2,1-2H3;1H. The number of hydrogen-bond acceptors (Lipinski definition) is 3. The van der Waals surface area contributed by atoms with Gasteiger partial charge in [-0.15, -0.1) is 12.4 Å². The fraction of sp³-hybridized carbons (Fsp3) is 0.533. The smallest absolute Gasteiger partial charge is 0.222 e. The molecule has 0 fully saturated rings. The number of ether oxygens (including phenoxy) is 1. The van der Waals surface area contributed by atoms with Crippen molar-refractivity contribution in [2.45, 2.75) is 18.8 Å². The molecule has 0 bridgehead atoms. The summed E-state index contributed by atoms with van der Waals surface area (Å²) >= 11 is 0. The zero-order chi connectivity index (χ0) is 13.7. The van der Waals surface area contributed by atoms with Crippen LogP contribution in [0.25, 0.3) is 0 Å². The number of para-hydroxylation sites is 1. The molecule has 1 unspecified atom stereocenters. The number of nitrogens with zero attached hydrogens (tertiary/aromatic N) is 1. The van der Waals surface area contributed by atoms with Crippen molar-refractivity contribution in [1.29, 1.82) is 0 Å². The van der Waals surface area contributed by atoms with Crippen LogP contribution in [0.4, 0.5) is 0 Å². The summed E-state index contributed by atoms with van der Waals surface area (Å²) in [6.07, 6.45) is 1.49. The lowest BCUT2D eigenvalue weighted by atomic mass is 9.90. The number of hydrogen-bond donors (Lipinski definition) is 1. The van der Waals surface area contributed by atoms with Gasteiger partial charge in [0.15, 0.2) is 0 Å². The van der Waals surface area contributed by atoms with Crippen molar-refractivity contribution in [2.75, 3.05) is 33.8 Å². The Kier molecular flexibility index (Phi) is 6.82. The highest BCUT2D eigenvalue weighted by molar-refractivity contribution is 5.85. The summed E-state index contributed by atoms with van der Waals surface area (Å²) in [7, 11) is 3.76. The normalized spacial score (nSPS) is 16.6. The molecule has 1 heterocycles. The number of carbonyl (C=O) groups excluding carboxylic acids is 1. The van der Waals surface area contributed by atoms with Crippen LogP contribution in [0, 0.1) is 0 Å². The van der Waals surface area contributed by atoms with Crippen molar-refractivity contribution in [3.05, 3.63) is 29.8 Å². The maximum atomic E-state index is 12.2. The van der Waals surface area contributed by atoms with E-state index in [0.29, 0.717) is 13.0 Å². The van der Waals surface area contributed by atoms with Crippen molar-refractivity contribution < 1.29 is 9.53 Å². The number of fused-ring (bicyclic) bond motifs is 1. The predicted molar refractivity (Wildman–Crippen MR) is 82.7 cm³/mol. The van der Waals surface area contributed by atoms with Crippen molar-refractivity contribution in [3.63, 3.8) is 0 Å². The molecule has 20 heavy (non-hydrogen) atoms. The second-order valence-corrected chi connectivity index (χ2v) is 4.99. The maximum Gasteiger partial charge on any atom is 0.222 e. The monoisotopic (exact) mass is 298 g/mol. The molecule has 1 aliphatic heterocycles. The number of nitrogens with one attached hydrogen (secondary N) is 1. The quantitative estimate of drug-likeness (QED) is 0.904. The van der Waals surface area contributed by atoms with Gasteiger partial charge >= 0.3 is 0 Å². The lowest BCUT2D eigenvalue weighted by Crippen LogP contribution is -2.34. The number of halogens is 1. The number of rotatable bonds is 5. The molecule has 2 rings (SSSR count). The van der Waals surface area contributed by atoms with Crippen molar-refractivity contribution >= 4 is 18.3 Å². The summed E-state index contributed by atoms with van der Waals surface area (Å²) in [5.74, 6) is 1.43. The van der Waals surface area contributed by atoms with Crippen molar-refractivity contribution in [2.24, 2.45) is 0 Å². The zero-order valence-electron chi connectivity index (χ0n) is 12.1. The molecule has 1 N–H and O–H groups in total. The van der Waals surface area contributed by atoms with Crippen LogP contribution >= 0.6 is 12.4 Å². The highest BCUT2D eigenvalue weighted by Gasteiger charge is 2.24. The zero-order valence-corrected chi connectivity index (χ0v) is 12.9. The van der Waals surface area contributed by atoms with Gasteiger partial charge < -0.3 is 15.0 Å². The fourth-order valence-electron chi connectivity index (χ4n) is 2.40. The van der Waals surface area contributed by atoms with Crippen LogP contribution in [0.1, 0.15) is 24.3 Å². The molecule has 112 valence electrons. The lowest BCUT2D eigenvalue weighted by molar-refractivity contribution is -0.130. The summed E-state index contributed by atoms with van der Waals surface area (Å²) in [5, 5.41) is 3.06. The van der Waals surface area contributed by atoms with E-state index < -0.39 is 0 Å². The molecule has 0 aliphatic carbocycles. The average Bonchev–Trinajstić information content (AvgIpc) is 2.45. The van der Waals surface area contributed by atoms with E-state index in [4.69, 9.17) is 4.74 Å². The van der Waals surface area contributed by atoms with E-state index in [0.717, 1.165) is 25.3 Å². The van der Waals surface area contributed by atoms with E-state index >= 15 is 0 Å². The number of benzene rings is 1. The first-order chi connectivity index (χ1) is 9.22. The Hall–Kier alpha value is -1.26. The van der Waals surface area contributed by atoms with Crippen molar-refractivity contribution in [1.82, 2.24) is 10.2 Å². The Morgan fingerprint density at radius 2 is 2.20 bits per heavy atom. The van der Waals surface area contributed by atoms with Gasteiger partial charge in [0, 0.05) is 26.6 Å². The molecule has 0 saturated heterocycles. The molecule has 1 aromatic rings. The van der Waals surface area contributed by atoms with Gasteiger partial charge in [-0.3, -0.25) is 4.79 Å². The van der Waals surface area contributed by atoms with Crippen LogP contribution in [0.5, 0.6) is 5.75 Å². The van der Waals surface area contributed by atoms with Gasteiger partial charge in [-0.1, -0.05) is 18.2 Å². The van der Waals surface area contributed by atoms with E-state index in [2.05, 4.69) is 11.4 Å². The van der Waals surface area contributed by atoms with E-state index in [1.165, 1.54) is 5.56 Å². The van der Waals surface area contributed by atoms with Crippen LogP contribution < -0.4 is 10.1 Å². The lowest BCUT2D eigenvalue weighted by Gasteiger charge is -2.27. The van der Waals surface area contributed by atoms with Crippen molar-refractivity contribution in [3.8, 4) is 5.75 Å². The summed E-state index contributed by atoms with van der Waals surface area (Å²) in [4.78, 5) is 14.0. The third-order valence-corrected chi connectivity index (χ3v) is 3.63. The van der Waals surface area contributed by atoms with Crippen LogP contribution in [0.3, 0.4) is 0 Å². The second-order valence-electron chi connectivity index (χ2n) is 4.99. The summed E-state index contributed by atoms with van der Waals surface area (Å²) in [6, 6.07) is 8.04. The number of carbonyl (C=O) groups is 1. The third-order valence-electron chi connectivity index (χ3n) is 3.63. The molecule has 1 aromatic carbocycles. The molecule has 1 aliphatic rings. The Morgan fingerprint density at radius 3 is 2.95 bits per heavy atom. The minimum absolute atomic E-state index is 0. The van der Waals surface area contributed by atoms with E-state index in [1.807, 2.05) is 32.3 Å². The van der Waals surface area contributed by atoms with Gasteiger partial charge in [-0.2, -0.15) is 0 Å². The Labute approximate surface area is 126 Å². The minimum Gasteiger partial charge on any atom is -0.493 e. The molecule has 0 spiro atoms. The summed E-state index contributed by atoms with van der Waals surface area (Å²) in [5.41, 5.74) is 1.17. The Morgan fingerprint density at radius 1 is 1.45 bits per heavy atom. The van der Waals surface area contributed by atoms with Gasteiger partial charge in [0.05, 0.1) is 6.61 Å². The Balaban J connectivity index is 0.00000200. The van der Waals surface area contributed by atoms with E-state index in [-0.39, 0.29) is 24.2 Å². The molecule has 0 saturated carbocycles. The first-order valence-corrected chi connectivity index (χ1v) is 6.82. The van der Waals surface area contributed by atoms with Gasteiger partial charge in [-0.05, 0) is 31.0 Å². The SMILES string of the molecule is CNCCN(C)C(=O)CC1CCOc2ccccc21.Cl. The Bertz CT molecular complexity index is 440. The first-order valence-electron chi connectivity index (χ1n) is 6.82. The molecular formula is C15H23ClN2O2. The largest absolute Gasteiger partial charge is 0.493 e. The topological polar surface area (TPSA) is 41.6 Å². The summed E-state index contributed by atoms with van der Waals surface area (Å²) < 4.78 is 5.63. The molecule has 5 heteroatoms.